The van der Waals surface area contributed by atoms with Gasteiger partial charge in [0.15, 0.2) is 0 Å². The van der Waals surface area contributed by atoms with Gasteiger partial charge in [-0.25, -0.2) is 0 Å². The van der Waals surface area contributed by atoms with E-state index in [2.05, 4.69) is 31.3 Å². The molecule has 14 heavy (non-hydrogen) atoms. The number of aryl methyl sites for hydroxylation is 1. The highest BCUT2D eigenvalue weighted by Gasteiger charge is 2.23. The number of hydrogen-bond donors (Lipinski definition) is 1. The zero-order chi connectivity index (χ0) is 10.3. The van der Waals surface area contributed by atoms with E-state index in [1.165, 1.54) is 16.7 Å². The van der Waals surface area contributed by atoms with E-state index in [1.807, 2.05) is 6.92 Å². The predicted molar refractivity (Wildman–Crippen MR) is 57.4 cm³/mol. The molecule has 1 heterocycles. The third kappa shape index (κ3) is 1.31. The van der Waals surface area contributed by atoms with Crippen LogP contribution in [0.2, 0.25) is 0 Å². The molecule has 0 radical (unpaired) electrons. The Balaban J connectivity index is 2.52. The number of carbonyl (C=O) groups is 1. The zero-order valence-electron chi connectivity index (χ0n) is 8.85. The minimum atomic E-state index is 0.101. The maximum atomic E-state index is 11.5. The lowest BCUT2D eigenvalue weighted by atomic mass is 9.91. The Morgan fingerprint density at radius 2 is 2.07 bits per heavy atom. The van der Waals surface area contributed by atoms with Crippen LogP contribution in [-0.4, -0.2) is 5.91 Å². The number of anilines is 1. The minimum absolute atomic E-state index is 0.101. The molecule has 0 spiro atoms. The molecule has 2 heteroatoms. The maximum Gasteiger partial charge on any atom is 0.227 e. The van der Waals surface area contributed by atoms with E-state index in [9.17, 15) is 4.79 Å². The first-order chi connectivity index (χ1) is 6.59. The van der Waals surface area contributed by atoms with Gasteiger partial charge in [0, 0.05) is 11.6 Å². The Hall–Kier alpha value is -1.31. The Morgan fingerprint density at radius 3 is 2.79 bits per heavy atom. The van der Waals surface area contributed by atoms with Crippen molar-refractivity contribution in [3.63, 3.8) is 0 Å². The number of fused-ring (bicyclic) bond motifs is 1. The van der Waals surface area contributed by atoms with Gasteiger partial charge in [0.25, 0.3) is 0 Å². The monoisotopic (exact) mass is 189 g/mol. The van der Waals surface area contributed by atoms with E-state index >= 15 is 0 Å². The van der Waals surface area contributed by atoms with Crippen LogP contribution in [0.5, 0.6) is 0 Å². The van der Waals surface area contributed by atoms with Gasteiger partial charge >= 0.3 is 0 Å². The van der Waals surface area contributed by atoms with Crippen LogP contribution in [0.4, 0.5) is 5.69 Å². The summed E-state index contributed by atoms with van der Waals surface area (Å²) < 4.78 is 0. The molecule has 1 atom stereocenters. The van der Waals surface area contributed by atoms with Crippen molar-refractivity contribution in [2.24, 2.45) is 5.92 Å². The quantitative estimate of drug-likeness (QED) is 0.667. The van der Waals surface area contributed by atoms with Crippen molar-refractivity contribution in [2.75, 3.05) is 5.32 Å². The molecular weight excluding hydrogens is 174 g/mol. The molecule has 1 aromatic rings. The average Bonchev–Trinajstić information content (AvgIpc) is 2.15. The van der Waals surface area contributed by atoms with Gasteiger partial charge in [0.05, 0.1) is 0 Å². The van der Waals surface area contributed by atoms with Crippen LogP contribution in [0.25, 0.3) is 0 Å². The second-order valence-corrected chi connectivity index (χ2v) is 4.14. The van der Waals surface area contributed by atoms with Crippen molar-refractivity contribution in [3.05, 3.63) is 28.8 Å². The van der Waals surface area contributed by atoms with E-state index in [-0.39, 0.29) is 11.8 Å². The lowest BCUT2D eigenvalue weighted by molar-refractivity contribution is -0.119. The van der Waals surface area contributed by atoms with E-state index in [0.717, 1.165) is 12.1 Å². The molecule has 2 nitrogen and oxygen atoms in total. The Kier molecular flexibility index (Phi) is 2.06. The Morgan fingerprint density at radius 1 is 1.36 bits per heavy atom. The standard InChI is InChI=1S/C12H15NO/c1-7-4-5-10-6-8(2)12(14)13-11(10)9(7)3/h4-5,8H,6H2,1-3H3,(H,13,14). The molecule has 0 saturated heterocycles. The van der Waals surface area contributed by atoms with Gasteiger partial charge in [-0.15, -0.1) is 0 Å². The second kappa shape index (κ2) is 3.12. The highest BCUT2D eigenvalue weighted by atomic mass is 16.1. The molecular formula is C12H15NO. The van der Waals surface area contributed by atoms with Gasteiger partial charge in [0.2, 0.25) is 5.91 Å². The van der Waals surface area contributed by atoms with E-state index in [0.29, 0.717) is 0 Å². The highest BCUT2D eigenvalue weighted by molar-refractivity contribution is 5.96. The summed E-state index contributed by atoms with van der Waals surface area (Å²) in [5, 5.41) is 2.98. The fourth-order valence-corrected chi connectivity index (χ4v) is 1.89. The summed E-state index contributed by atoms with van der Waals surface area (Å²) in [4.78, 5) is 11.5. The Bertz CT molecular complexity index is 396. The number of hydrogen-bond acceptors (Lipinski definition) is 1. The summed E-state index contributed by atoms with van der Waals surface area (Å²) >= 11 is 0. The van der Waals surface area contributed by atoms with Crippen molar-refractivity contribution in [3.8, 4) is 0 Å². The van der Waals surface area contributed by atoms with Crippen molar-refractivity contribution in [1.29, 1.82) is 0 Å². The van der Waals surface area contributed by atoms with E-state index in [4.69, 9.17) is 0 Å². The fourth-order valence-electron chi connectivity index (χ4n) is 1.89. The Labute approximate surface area is 84.3 Å². The van der Waals surface area contributed by atoms with Crippen molar-refractivity contribution in [1.82, 2.24) is 0 Å². The lowest BCUT2D eigenvalue weighted by Gasteiger charge is -2.24. The van der Waals surface area contributed by atoms with Crippen LogP contribution in [0.3, 0.4) is 0 Å². The normalized spacial score (nSPS) is 20.2. The molecule has 74 valence electrons. The van der Waals surface area contributed by atoms with Gasteiger partial charge < -0.3 is 5.32 Å². The van der Waals surface area contributed by atoms with Gasteiger partial charge in [-0.05, 0) is 37.0 Å². The van der Waals surface area contributed by atoms with Crippen molar-refractivity contribution >= 4 is 11.6 Å². The van der Waals surface area contributed by atoms with Crippen LogP contribution in [0.1, 0.15) is 23.6 Å². The van der Waals surface area contributed by atoms with E-state index in [1.54, 1.807) is 0 Å². The molecule has 0 aliphatic carbocycles. The molecule has 1 amide bonds. The fraction of sp³-hybridized carbons (Fsp3) is 0.417. The molecule has 2 rings (SSSR count). The number of carbonyl (C=O) groups excluding carboxylic acids is 1. The van der Waals surface area contributed by atoms with E-state index < -0.39 is 0 Å². The maximum absolute atomic E-state index is 11.5. The predicted octanol–water partition coefficient (Wildman–Crippen LogP) is 2.43. The second-order valence-electron chi connectivity index (χ2n) is 4.14. The van der Waals surface area contributed by atoms with Crippen molar-refractivity contribution < 1.29 is 4.79 Å². The summed E-state index contributed by atoms with van der Waals surface area (Å²) in [5.41, 5.74) is 4.73. The first kappa shape index (κ1) is 9.25. The summed E-state index contributed by atoms with van der Waals surface area (Å²) in [5.74, 6) is 0.246. The summed E-state index contributed by atoms with van der Waals surface area (Å²) in [6, 6.07) is 4.24. The molecule has 0 bridgehead atoms. The van der Waals surface area contributed by atoms with Gasteiger partial charge in [-0.2, -0.15) is 0 Å². The van der Waals surface area contributed by atoms with Gasteiger partial charge in [-0.1, -0.05) is 19.1 Å². The molecule has 1 aromatic carbocycles. The molecule has 0 fully saturated rings. The lowest BCUT2D eigenvalue weighted by Crippen LogP contribution is -2.28. The molecule has 1 N–H and O–H groups in total. The van der Waals surface area contributed by atoms with Crippen LogP contribution in [0.15, 0.2) is 12.1 Å². The number of nitrogens with one attached hydrogen (secondary N) is 1. The number of rotatable bonds is 0. The first-order valence-corrected chi connectivity index (χ1v) is 4.99. The third-order valence-corrected chi connectivity index (χ3v) is 3.04. The van der Waals surface area contributed by atoms with Crippen LogP contribution >= 0.6 is 0 Å². The molecule has 1 aliphatic rings. The summed E-state index contributed by atoms with van der Waals surface area (Å²) in [7, 11) is 0. The van der Waals surface area contributed by atoms with Crippen LogP contribution in [-0.2, 0) is 11.2 Å². The van der Waals surface area contributed by atoms with Crippen LogP contribution in [0, 0.1) is 19.8 Å². The SMILES string of the molecule is Cc1ccc2c(c1C)NC(=O)C(C)C2. The zero-order valence-corrected chi connectivity index (χ0v) is 8.85. The smallest absolute Gasteiger partial charge is 0.227 e. The molecule has 0 saturated carbocycles. The topological polar surface area (TPSA) is 29.1 Å². The molecule has 1 unspecified atom stereocenters. The van der Waals surface area contributed by atoms with Gasteiger partial charge in [-0.3, -0.25) is 4.79 Å². The van der Waals surface area contributed by atoms with Gasteiger partial charge in [0.1, 0.15) is 0 Å². The third-order valence-electron chi connectivity index (χ3n) is 3.04. The minimum Gasteiger partial charge on any atom is -0.325 e. The largest absolute Gasteiger partial charge is 0.325 e. The molecule has 1 aliphatic heterocycles. The molecule has 0 aromatic heterocycles. The number of amides is 1. The highest BCUT2D eigenvalue weighted by Crippen LogP contribution is 2.30. The summed E-state index contributed by atoms with van der Waals surface area (Å²) in [6.45, 7) is 6.09. The van der Waals surface area contributed by atoms with Crippen molar-refractivity contribution in [2.45, 2.75) is 27.2 Å². The van der Waals surface area contributed by atoms with Crippen LogP contribution < -0.4 is 5.32 Å². The number of benzene rings is 1. The average molecular weight is 189 g/mol. The summed E-state index contributed by atoms with van der Waals surface area (Å²) in [6.07, 6.45) is 0.863. The first-order valence-electron chi connectivity index (χ1n) is 4.99.